The molecule has 3 aromatic heterocycles. The molecule has 0 atom stereocenters. The third kappa shape index (κ3) is 2.10. The zero-order chi connectivity index (χ0) is 14.1. The third-order valence-corrected chi connectivity index (χ3v) is 4.37. The lowest BCUT2D eigenvalue weighted by Gasteiger charge is -1.99. The molecule has 0 unspecified atom stereocenters. The first-order chi connectivity index (χ1) is 9.70. The van der Waals surface area contributed by atoms with Crippen LogP contribution in [0.1, 0.15) is 10.5 Å². The summed E-state index contributed by atoms with van der Waals surface area (Å²) in [6.07, 6.45) is 0. The first-order valence-corrected chi connectivity index (χ1v) is 7.36. The van der Waals surface area contributed by atoms with Crippen LogP contribution in [0.4, 0.5) is 0 Å². The molecular weight excluding hydrogens is 298 g/mol. The van der Waals surface area contributed by atoms with Gasteiger partial charge < -0.3 is 14.3 Å². The first kappa shape index (κ1) is 12.9. The Labute approximate surface area is 122 Å². The predicted molar refractivity (Wildman–Crippen MR) is 76.6 cm³/mol. The summed E-state index contributed by atoms with van der Waals surface area (Å²) in [6.45, 7) is 0. The van der Waals surface area contributed by atoms with Crippen molar-refractivity contribution in [3.63, 3.8) is 0 Å². The maximum atomic E-state index is 11.3. The minimum Gasteiger partial charge on any atom is -0.495 e. The van der Waals surface area contributed by atoms with Crippen molar-refractivity contribution in [2.24, 2.45) is 0 Å². The monoisotopic (exact) mass is 307 g/mol. The van der Waals surface area contributed by atoms with Crippen LogP contribution in [0.3, 0.4) is 0 Å². The van der Waals surface area contributed by atoms with E-state index in [9.17, 15) is 9.90 Å². The number of hydrogen-bond donors (Lipinski definition) is 1. The molecule has 0 saturated heterocycles. The number of nitrogens with zero attached hydrogens (tertiary/aromatic N) is 1. The van der Waals surface area contributed by atoms with Crippen molar-refractivity contribution in [3.05, 3.63) is 34.7 Å². The summed E-state index contributed by atoms with van der Waals surface area (Å²) in [7, 11) is 1.53. The molecule has 0 aliphatic carbocycles. The fourth-order valence-corrected chi connectivity index (χ4v) is 3.24. The number of oxazole rings is 1. The lowest BCUT2D eigenvalue weighted by Crippen LogP contribution is -1.98. The van der Waals surface area contributed by atoms with Crippen LogP contribution < -0.4 is 4.74 Å². The second-order valence-corrected chi connectivity index (χ2v) is 5.66. The van der Waals surface area contributed by atoms with E-state index in [1.165, 1.54) is 29.8 Å². The number of thiophene rings is 2. The van der Waals surface area contributed by atoms with Crippen molar-refractivity contribution in [3.8, 4) is 27.2 Å². The largest absolute Gasteiger partial charge is 0.495 e. The van der Waals surface area contributed by atoms with Crippen molar-refractivity contribution < 1.29 is 19.1 Å². The summed E-state index contributed by atoms with van der Waals surface area (Å²) in [5.41, 5.74) is -0.103. The Balaban J connectivity index is 2.17. The van der Waals surface area contributed by atoms with Crippen molar-refractivity contribution in [2.75, 3.05) is 7.11 Å². The van der Waals surface area contributed by atoms with Crippen LogP contribution in [0.2, 0.25) is 0 Å². The number of aromatic nitrogens is 1. The fourth-order valence-electron chi connectivity index (χ4n) is 1.75. The lowest BCUT2D eigenvalue weighted by molar-refractivity contribution is 0.0691. The van der Waals surface area contributed by atoms with E-state index < -0.39 is 5.97 Å². The molecule has 20 heavy (non-hydrogen) atoms. The topological polar surface area (TPSA) is 72.6 Å². The van der Waals surface area contributed by atoms with Gasteiger partial charge in [0.1, 0.15) is 10.6 Å². The van der Waals surface area contributed by atoms with Gasteiger partial charge in [0.25, 0.3) is 0 Å². The Morgan fingerprint density at radius 1 is 1.35 bits per heavy atom. The number of carboxylic acids is 1. The molecule has 0 saturated carbocycles. The zero-order valence-electron chi connectivity index (χ0n) is 10.3. The molecule has 0 spiro atoms. The lowest BCUT2D eigenvalue weighted by atomic mass is 10.3. The maximum Gasteiger partial charge on any atom is 0.358 e. The number of hydrogen-bond acceptors (Lipinski definition) is 6. The Kier molecular flexibility index (Phi) is 3.29. The highest BCUT2D eigenvalue weighted by atomic mass is 32.1. The van der Waals surface area contributed by atoms with Gasteiger partial charge in [-0.2, -0.15) is 0 Å². The van der Waals surface area contributed by atoms with Gasteiger partial charge in [-0.3, -0.25) is 0 Å². The third-order valence-electron chi connectivity index (χ3n) is 2.62. The van der Waals surface area contributed by atoms with E-state index in [0.717, 1.165) is 4.88 Å². The minimum absolute atomic E-state index is 0.103. The van der Waals surface area contributed by atoms with E-state index in [-0.39, 0.29) is 11.5 Å². The smallest absolute Gasteiger partial charge is 0.358 e. The van der Waals surface area contributed by atoms with E-state index in [4.69, 9.17) is 9.15 Å². The number of rotatable bonds is 4. The molecular formula is C13H9NO4S2. The summed E-state index contributed by atoms with van der Waals surface area (Å²) in [5, 5.41) is 13.0. The summed E-state index contributed by atoms with van der Waals surface area (Å²) in [5.74, 6) is -0.0102. The quantitative estimate of drug-likeness (QED) is 0.793. The van der Waals surface area contributed by atoms with Crippen molar-refractivity contribution in [1.82, 2.24) is 4.98 Å². The fraction of sp³-hybridized carbons (Fsp3) is 0.0769. The summed E-state index contributed by atoms with van der Waals surface area (Å²) in [6, 6.07) is 5.45. The van der Waals surface area contributed by atoms with Crippen LogP contribution in [-0.4, -0.2) is 23.2 Å². The highest BCUT2D eigenvalue weighted by Gasteiger charge is 2.25. The molecule has 3 aromatic rings. The van der Waals surface area contributed by atoms with Crippen molar-refractivity contribution >= 4 is 28.6 Å². The van der Waals surface area contributed by atoms with Gasteiger partial charge in [0.2, 0.25) is 5.89 Å². The van der Waals surface area contributed by atoms with Crippen LogP contribution in [0.15, 0.2) is 33.4 Å². The molecule has 0 aliphatic rings. The SMILES string of the molecule is COc1ccsc1-c1oc(-c2cccs2)nc1C(=O)O. The molecule has 0 aromatic carbocycles. The van der Waals surface area contributed by atoms with E-state index in [0.29, 0.717) is 16.5 Å². The highest BCUT2D eigenvalue weighted by Crippen LogP contribution is 2.39. The molecule has 0 fully saturated rings. The van der Waals surface area contributed by atoms with Gasteiger partial charge in [0, 0.05) is 0 Å². The van der Waals surface area contributed by atoms with Gasteiger partial charge in [0.05, 0.1) is 12.0 Å². The molecule has 3 rings (SSSR count). The molecule has 102 valence electrons. The molecule has 1 N–H and O–H groups in total. The average Bonchev–Trinajstić information content (AvgIpc) is 3.17. The zero-order valence-corrected chi connectivity index (χ0v) is 12.0. The average molecular weight is 307 g/mol. The highest BCUT2D eigenvalue weighted by molar-refractivity contribution is 7.14. The van der Waals surface area contributed by atoms with E-state index in [1.807, 2.05) is 22.9 Å². The maximum absolute atomic E-state index is 11.3. The second kappa shape index (κ2) is 5.10. The van der Waals surface area contributed by atoms with Crippen LogP contribution >= 0.6 is 22.7 Å². The van der Waals surface area contributed by atoms with Gasteiger partial charge in [-0.15, -0.1) is 22.7 Å². The van der Waals surface area contributed by atoms with Crippen LogP contribution in [0, 0.1) is 0 Å². The van der Waals surface area contributed by atoms with E-state index in [2.05, 4.69) is 4.98 Å². The first-order valence-electron chi connectivity index (χ1n) is 5.60. The number of carbonyl (C=O) groups is 1. The molecule has 3 heterocycles. The van der Waals surface area contributed by atoms with Crippen LogP contribution in [-0.2, 0) is 0 Å². The van der Waals surface area contributed by atoms with Crippen LogP contribution in [0.5, 0.6) is 5.75 Å². The molecule has 0 aliphatic heterocycles. The number of methoxy groups -OCH3 is 1. The Morgan fingerprint density at radius 3 is 2.85 bits per heavy atom. The number of aromatic carboxylic acids is 1. The van der Waals surface area contributed by atoms with Gasteiger partial charge >= 0.3 is 5.97 Å². The predicted octanol–water partition coefficient (Wildman–Crippen LogP) is 3.84. The van der Waals surface area contributed by atoms with Gasteiger partial charge in [-0.05, 0) is 22.9 Å². The molecule has 0 radical (unpaired) electrons. The van der Waals surface area contributed by atoms with Gasteiger partial charge in [-0.1, -0.05) is 6.07 Å². The Hall–Kier alpha value is -2.12. The Morgan fingerprint density at radius 2 is 2.20 bits per heavy atom. The summed E-state index contributed by atoms with van der Waals surface area (Å²) in [4.78, 5) is 16.8. The van der Waals surface area contributed by atoms with Crippen molar-refractivity contribution in [2.45, 2.75) is 0 Å². The van der Waals surface area contributed by atoms with E-state index in [1.54, 1.807) is 6.07 Å². The minimum atomic E-state index is -1.12. The molecule has 0 amide bonds. The molecule has 7 heteroatoms. The summed E-state index contributed by atoms with van der Waals surface area (Å²) >= 11 is 2.79. The normalized spacial score (nSPS) is 10.7. The van der Waals surface area contributed by atoms with Gasteiger partial charge in [0.15, 0.2) is 11.5 Å². The number of ether oxygens (including phenoxy) is 1. The molecule has 5 nitrogen and oxygen atoms in total. The Bertz CT molecular complexity index is 742. The summed E-state index contributed by atoms with van der Waals surface area (Å²) < 4.78 is 10.9. The van der Waals surface area contributed by atoms with Crippen LogP contribution in [0.25, 0.3) is 21.4 Å². The van der Waals surface area contributed by atoms with Gasteiger partial charge in [-0.25, -0.2) is 9.78 Å². The number of carboxylic acid groups (broad SMARTS) is 1. The standard InChI is InChI=1S/C13H9NO4S2/c1-17-7-4-6-20-11(7)10-9(13(15)16)14-12(18-10)8-3-2-5-19-8/h2-6H,1H3,(H,15,16). The second-order valence-electron chi connectivity index (χ2n) is 3.80. The van der Waals surface area contributed by atoms with Crippen molar-refractivity contribution in [1.29, 1.82) is 0 Å². The molecule has 0 bridgehead atoms. The van der Waals surface area contributed by atoms with E-state index >= 15 is 0 Å².